The number of hydrogen-bond donors (Lipinski definition) is 2. The van der Waals surface area contributed by atoms with Crippen LogP contribution < -0.4 is 5.32 Å². The van der Waals surface area contributed by atoms with Gasteiger partial charge in [-0.05, 0) is 70.1 Å². The number of aliphatic carboxylic acids is 1. The van der Waals surface area contributed by atoms with E-state index in [-0.39, 0.29) is 17.0 Å². The van der Waals surface area contributed by atoms with Crippen LogP contribution in [0, 0.1) is 17.8 Å². The van der Waals surface area contributed by atoms with Gasteiger partial charge in [0.05, 0.1) is 0 Å². The molecule has 4 saturated carbocycles. The lowest BCUT2D eigenvalue weighted by Gasteiger charge is -2.56. The molecule has 4 fully saturated rings. The summed E-state index contributed by atoms with van der Waals surface area (Å²) in [5.41, 5.74) is 0.437. The van der Waals surface area contributed by atoms with E-state index < -0.39 is 5.97 Å². The van der Waals surface area contributed by atoms with Gasteiger partial charge in [0.15, 0.2) is 0 Å². The summed E-state index contributed by atoms with van der Waals surface area (Å²) in [6, 6.07) is 0. The fourth-order valence-electron chi connectivity index (χ4n) is 4.93. The second-order valence-electron chi connectivity index (χ2n) is 7.21. The predicted octanol–water partition coefficient (Wildman–Crippen LogP) is 2.49. The number of carbonyl (C=O) groups excluding carboxylic acids is 1. The molecular weight excluding hydrogens is 254 g/mol. The molecule has 0 aromatic carbocycles. The maximum absolute atomic E-state index is 12.3. The fraction of sp³-hybridized carbons (Fsp3) is 0.750. The lowest BCUT2D eigenvalue weighted by molar-refractivity contribution is -0.133. The summed E-state index contributed by atoms with van der Waals surface area (Å²) in [5.74, 6) is 1.11. The Morgan fingerprint density at radius 2 is 1.40 bits per heavy atom. The maximum Gasteiger partial charge on any atom is 0.331 e. The normalized spacial score (nSPS) is 39.4. The highest BCUT2D eigenvalue weighted by molar-refractivity contribution is 6.01. The number of carbonyl (C=O) groups is 2. The molecule has 4 nitrogen and oxygen atoms in total. The van der Waals surface area contributed by atoms with Crippen molar-refractivity contribution in [1.82, 2.24) is 5.32 Å². The zero-order valence-corrected chi connectivity index (χ0v) is 12.2. The summed E-state index contributed by atoms with van der Waals surface area (Å²) in [6.45, 7) is 3.11. The molecule has 0 saturated heterocycles. The Morgan fingerprint density at radius 3 is 1.80 bits per heavy atom. The minimum atomic E-state index is -1.01. The molecule has 0 heterocycles. The third-order valence-electron chi connectivity index (χ3n) is 5.64. The molecule has 0 aromatic rings. The molecule has 4 aliphatic carbocycles. The van der Waals surface area contributed by atoms with Gasteiger partial charge in [0.2, 0.25) is 5.91 Å². The van der Waals surface area contributed by atoms with Crippen LogP contribution in [0.4, 0.5) is 0 Å². The third kappa shape index (κ3) is 2.25. The standard InChI is InChI=1S/C16H23NO3/c1-9(10(2)15(19)20)14(18)17-16-6-11-3-12(7-16)5-13(4-11)8-16/h11-13H,3-8H2,1-2H3,(H,17,18)(H,19,20)/b10-9-. The van der Waals surface area contributed by atoms with Crippen molar-refractivity contribution in [3.63, 3.8) is 0 Å². The molecule has 1 amide bonds. The predicted molar refractivity (Wildman–Crippen MR) is 75.1 cm³/mol. The van der Waals surface area contributed by atoms with Gasteiger partial charge in [-0.15, -0.1) is 0 Å². The number of nitrogens with one attached hydrogen (secondary N) is 1. The molecule has 4 heteroatoms. The molecule has 0 atom stereocenters. The van der Waals surface area contributed by atoms with Crippen LogP contribution in [0.2, 0.25) is 0 Å². The van der Waals surface area contributed by atoms with Crippen molar-refractivity contribution in [2.75, 3.05) is 0 Å². The molecule has 0 aromatic heterocycles. The van der Waals surface area contributed by atoms with Gasteiger partial charge in [0.25, 0.3) is 0 Å². The van der Waals surface area contributed by atoms with Crippen LogP contribution in [0.3, 0.4) is 0 Å². The summed E-state index contributed by atoms with van der Waals surface area (Å²) < 4.78 is 0. The van der Waals surface area contributed by atoms with Gasteiger partial charge in [-0.1, -0.05) is 0 Å². The largest absolute Gasteiger partial charge is 0.478 e. The van der Waals surface area contributed by atoms with Gasteiger partial charge < -0.3 is 10.4 Å². The second kappa shape index (κ2) is 4.61. The Bertz CT molecular complexity index is 457. The minimum absolute atomic E-state index is 0.0497. The number of amides is 1. The lowest BCUT2D eigenvalue weighted by Crippen LogP contribution is -2.60. The second-order valence-corrected chi connectivity index (χ2v) is 7.21. The van der Waals surface area contributed by atoms with E-state index in [1.807, 2.05) is 0 Å². The SMILES string of the molecule is C/C(C(=O)O)=C(\C)C(=O)NC12CC3CC(CC(C3)C1)C2. The number of rotatable bonds is 3. The van der Waals surface area contributed by atoms with Crippen LogP contribution in [-0.2, 0) is 9.59 Å². The molecule has 0 aliphatic heterocycles. The average Bonchev–Trinajstić information content (AvgIpc) is 2.34. The van der Waals surface area contributed by atoms with Crippen molar-refractivity contribution in [3.05, 3.63) is 11.1 Å². The first-order valence-corrected chi connectivity index (χ1v) is 7.62. The van der Waals surface area contributed by atoms with Crippen LogP contribution >= 0.6 is 0 Å². The summed E-state index contributed by atoms with van der Waals surface area (Å²) >= 11 is 0. The van der Waals surface area contributed by atoms with E-state index in [2.05, 4.69) is 5.32 Å². The first-order chi connectivity index (χ1) is 9.38. The van der Waals surface area contributed by atoms with E-state index in [1.165, 1.54) is 26.2 Å². The van der Waals surface area contributed by atoms with Crippen LogP contribution in [0.15, 0.2) is 11.1 Å². The molecule has 4 aliphatic rings. The van der Waals surface area contributed by atoms with Gasteiger partial charge in [-0.3, -0.25) is 4.79 Å². The van der Waals surface area contributed by atoms with Crippen LogP contribution in [0.5, 0.6) is 0 Å². The highest BCUT2D eigenvalue weighted by Gasteiger charge is 2.51. The van der Waals surface area contributed by atoms with E-state index in [9.17, 15) is 9.59 Å². The molecule has 2 N–H and O–H groups in total. The molecule has 0 radical (unpaired) electrons. The van der Waals surface area contributed by atoms with E-state index in [1.54, 1.807) is 6.92 Å². The van der Waals surface area contributed by atoms with E-state index in [0.29, 0.717) is 5.57 Å². The quantitative estimate of drug-likeness (QED) is 0.779. The smallest absolute Gasteiger partial charge is 0.331 e. The van der Waals surface area contributed by atoms with Crippen LogP contribution in [0.1, 0.15) is 52.4 Å². The number of carboxylic acids is 1. The summed E-state index contributed by atoms with van der Waals surface area (Å²) in [4.78, 5) is 23.3. The third-order valence-corrected chi connectivity index (χ3v) is 5.64. The monoisotopic (exact) mass is 277 g/mol. The molecule has 0 spiro atoms. The van der Waals surface area contributed by atoms with E-state index in [0.717, 1.165) is 37.0 Å². The molecule has 110 valence electrons. The minimum Gasteiger partial charge on any atom is -0.478 e. The lowest BCUT2D eigenvalue weighted by atomic mass is 9.53. The first kappa shape index (κ1) is 13.7. The Kier molecular flexibility index (Phi) is 3.14. The van der Waals surface area contributed by atoms with Crippen molar-refractivity contribution < 1.29 is 14.7 Å². The topological polar surface area (TPSA) is 66.4 Å². The summed E-state index contributed by atoms with van der Waals surface area (Å²) in [5, 5.41) is 12.2. The van der Waals surface area contributed by atoms with Crippen LogP contribution in [0.25, 0.3) is 0 Å². The molecule has 4 rings (SSSR count). The highest BCUT2D eigenvalue weighted by Crippen LogP contribution is 2.55. The van der Waals surface area contributed by atoms with Crippen molar-refractivity contribution in [1.29, 1.82) is 0 Å². The van der Waals surface area contributed by atoms with Crippen molar-refractivity contribution in [3.8, 4) is 0 Å². The Morgan fingerprint density at radius 1 is 0.950 bits per heavy atom. The zero-order valence-electron chi connectivity index (χ0n) is 12.2. The fourth-order valence-corrected chi connectivity index (χ4v) is 4.93. The summed E-state index contributed by atoms with van der Waals surface area (Å²) in [7, 11) is 0. The molecule has 20 heavy (non-hydrogen) atoms. The summed E-state index contributed by atoms with van der Waals surface area (Å²) in [6.07, 6.45) is 7.26. The van der Waals surface area contributed by atoms with E-state index >= 15 is 0 Å². The van der Waals surface area contributed by atoms with Gasteiger partial charge in [-0.2, -0.15) is 0 Å². The Labute approximate surface area is 119 Å². The Balaban J connectivity index is 1.76. The van der Waals surface area contributed by atoms with Gasteiger partial charge in [0, 0.05) is 16.7 Å². The van der Waals surface area contributed by atoms with Gasteiger partial charge >= 0.3 is 5.97 Å². The Hall–Kier alpha value is -1.32. The van der Waals surface area contributed by atoms with Crippen molar-refractivity contribution in [2.45, 2.75) is 57.9 Å². The maximum atomic E-state index is 12.3. The van der Waals surface area contributed by atoms with Gasteiger partial charge in [-0.25, -0.2) is 4.79 Å². The highest BCUT2D eigenvalue weighted by atomic mass is 16.4. The molecular formula is C16H23NO3. The van der Waals surface area contributed by atoms with Crippen LogP contribution in [-0.4, -0.2) is 22.5 Å². The van der Waals surface area contributed by atoms with Crippen molar-refractivity contribution >= 4 is 11.9 Å². The molecule has 4 bridgehead atoms. The zero-order chi connectivity index (χ0) is 14.5. The average molecular weight is 277 g/mol. The molecule has 0 unspecified atom stereocenters. The number of hydrogen-bond acceptors (Lipinski definition) is 2. The first-order valence-electron chi connectivity index (χ1n) is 7.62. The number of carboxylic acid groups (broad SMARTS) is 1. The van der Waals surface area contributed by atoms with Gasteiger partial charge in [0.1, 0.15) is 0 Å². The van der Waals surface area contributed by atoms with Crippen molar-refractivity contribution in [2.24, 2.45) is 17.8 Å². The van der Waals surface area contributed by atoms with E-state index in [4.69, 9.17) is 5.11 Å².